The summed E-state index contributed by atoms with van der Waals surface area (Å²) in [6, 6.07) is 8.72. The van der Waals surface area contributed by atoms with E-state index in [1.165, 1.54) is 11.1 Å². The minimum absolute atomic E-state index is 0.00743. The summed E-state index contributed by atoms with van der Waals surface area (Å²) in [4.78, 5) is 4.95. The van der Waals surface area contributed by atoms with E-state index >= 15 is 0 Å². The molecule has 1 aliphatic heterocycles. The maximum absolute atomic E-state index is 5.64. The van der Waals surface area contributed by atoms with Gasteiger partial charge in [-0.2, -0.15) is 0 Å². The normalized spacial score (nSPS) is 18.3. The van der Waals surface area contributed by atoms with Gasteiger partial charge in [-0.05, 0) is 58.6 Å². The average molecular weight is 332 g/mol. The lowest BCUT2D eigenvalue weighted by Gasteiger charge is -2.38. The molecule has 0 aromatic heterocycles. The lowest BCUT2D eigenvalue weighted by atomic mass is 9.72. The standard InChI is InChI=1S/C20H33N3O/c1-6-21-18(23-19(3,4)5)22-15-20(11-13-24-14-12-20)17-10-8-7-9-16(17)2/h7-10H,6,11-15H2,1-5H3,(H2,21,22,23). The van der Waals surface area contributed by atoms with Crippen molar-refractivity contribution in [3.05, 3.63) is 35.4 Å². The zero-order valence-electron chi connectivity index (χ0n) is 15.9. The van der Waals surface area contributed by atoms with E-state index in [1.54, 1.807) is 0 Å². The van der Waals surface area contributed by atoms with Crippen LogP contribution in [-0.4, -0.2) is 37.8 Å². The van der Waals surface area contributed by atoms with Crippen molar-refractivity contribution in [2.45, 2.75) is 58.4 Å². The lowest BCUT2D eigenvalue weighted by Crippen LogP contribution is -2.48. The van der Waals surface area contributed by atoms with Crippen molar-refractivity contribution in [1.82, 2.24) is 10.6 Å². The fourth-order valence-electron chi connectivity index (χ4n) is 3.34. The van der Waals surface area contributed by atoms with E-state index in [4.69, 9.17) is 9.73 Å². The van der Waals surface area contributed by atoms with Crippen molar-refractivity contribution < 1.29 is 4.74 Å². The molecule has 0 unspecified atom stereocenters. The van der Waals surface area contributed by atoms with Crippen molar-refractivity contribution in [3.63, 3.8) is 0 Å². The van der Waals surface area contributed by atoms with Crippen LogP contribution < -0.4 is 10.6 Å². The van der Waals surface area contributed by atoms with Crippen LogP contribution in [0.3, 0.4) is 0 Å². The molecule has 0 atom stereocenters. The van der Waals surface area contributed by atoms with Crippen molar-refractivity contribution >= 4 is 5.96 Å². The first-order valence-corrected chi connectivity index (χ1v) is 9.07. The van der Waals surface area contributed by atoms with E-state index in [0.29, 0.717) is 0 Å². The number of aryl methyl sites for hydroxylation is 1. The minimum atomic E-state index is -0.00743. The Labute approximate surface area is 147 Å². The predicted octanol–water partition coefficient (Wildman–Crippen LogP) is 3.40. The Balaban J connectivity index is 2.28. The molecule has 1 saturated heterocycles. The Morgan fingerprint density at radius 3 is 2.46 bits per heavy atom. The van der Waals surface area contributed by atoms with Gasteiger partial charge in [-0.25, -0.2) is 0 Å². The largest absolute Gasteiger partial charge is 0.381 e. The summed E-state index contributed by atoms with van der Waals surface area (Å²) < 4.78 is 5.64. The Hall–Kier alpha value is -1.55. The summed E-state index contributed by atoms with van der Waals surface area (Å²) in [6.45, 7) is 14.1. The Kier molecular flexibility index (Phi) is 6.27. The third kappa shape index (κ3) is 4.97. The lowest BCUT2D eigenvalue weighted by molar-refractivity contribution is 0.0529. The van der Waals surface area contributed by atoms with E-state index in [9.17, 15) is 0 Å². The molecule has 2 rings (SSSR count). The van der Waals surface area contributed by atoms with E-state index in [1.807, 2.05) is 0 Å². The van der Waals surface area contributed by atoms with Gasteiger partial charge in [0.2, 0.25) is 0 Å². The molecule has 4 heteroatoms. The van der Waals surface area contributed by atoms with Gasteiger partial charge in [0.25, 0.3) is 0 Å². The second kappa shape index (κ2) is 8.02. The average Bonchev–Trinajstić information content (AvgIpc) is 2.53. The molecule has 0 bridgehead atoms. The molecule has 1 aromatic rings. The number of rotatable bonds is 4. The third-order valence-corrected chi connectivity index (χ3v) is 4.54. The third-order valence-electron chi connectivity index (χ3n) is 4.54. The topological polar surface area (TPSA) is 45.7 Å². The van der Waals surface area contributed by atoms with Gasteiger partial charge in [-0.1, -0.05) is 24.3 Å². The SMILES string of the molecule is CCNC(=NCC1(c2ccccc2C)CCOCC1)NC(C)(C)C. The molecular formula is C20H33N3O. The second-order valence-corrected chi connectivity index (χ2v) is 7.78. The van der Waals surface area contributed by atoms with E-state index in [-0.39, 0.29) is 11.0 Å². The van der Waals surface area contributed by atoms with Crippen LogP contribution in [0.25, 0.3) is 0 Å². The van der Waals surface area contributed by atoms with Crippen LogP contribution in [0.15, 0.2) is 29.3 Å². The van der Waals surface area contributed by atoms with Gasteiger partial charge in [-0.3, -0.25) is 4.99 Å². The molecule has 1 heterocycles. The monoisotopic (exact) mass is 331 g/mol. The van der Waals surface area contributed by atoms with E-state index in [0.717, 1.165) is 45.1 Å². The van der Waals surface area contributed by atoms with Crippen molar-refractivity contribution in [2.24, 2.45) is 4.99 Å². The molecule has 1 aromatic carbocycles. The molecule has 0 radical (unpaired) electrons. The molecule has 4 nitrogen and oxygen atoms in total. The highest BCUT2D eigenvalue weighted by Crippen LogP contribution is 2.37. The van der Waals surface area contributed by atoms with Crippen LogP contribution in [0.5, 0.6) is 0 Å². The summed E-state index contributed by atoms with van der Waals surface area (Å²) in [7, 11) is 0. The highest BCUT2D eigenvalue weighted by Gasteiger charge is 2.35. The van der Waals surface area contributed by atoms with E-state index < -0.39 is 0 Å². The summed E-state index contributed by atoms with van der Waals surface area (Å²) in [5.41, 5.74) is 2.84. The number of aliphatic imine (C=N–C) groups is 1. The number of benzene rings is 1. The quantitative estimate of drug-likeness (QED) is 0.656. The maximum atomic E-state index is 5.64. The van der Waals surface area contributed by atoms with Crippen LogP contribution in [0.2, 0.25) is 0 Å². The summed E-state index contributed by atoms with van der Waals surface area (Å²) >= 11 is 0. The van der Waals surface area contributed by atoms with Crippen LogP contribution in [0.1, 0.15) is 51.7 Å². The first-order chi connectivity index (χ1) is 11.4. The van der Waals surface area contributed by atoms with Gasteiger partial charge >= 0.3 is 0 Å². The number of nitrogens with zero attached hydrogens (tertiary/aromatic N) is 1. The molecule has 2 N–H and O–H groups in total. The molecule has 0 aliphatic carbocycles. The Morgan fingerprint density at radius 1 is 1.21 bits per heavy atom. The molecule has 0 spiro atoms. The predicted molar refractivity (Wildman–Crippen MR) is 102 cm³/mol. The van der Waals surface area contributed by atoms with Crippen LogP contribution >= 0.6 is 0 Å². The zero-order valence-corrected chi connectivity index (χ0v) is 15.9. The number of hydrogen-bond acceptors (Lipinski definition) is 2. The van der Waals surface area contributed by atoms with E-state index in [2.05, 4.69) is 69.5 Å². The van der Waals surface area contributed by atoms with Gasteiger partial charge in [0.1, 0.15) is 0 Å². The minimum Gasteiger partial charge on any atom is -0.381 e. The molecule has 0 saturated carbocycles. The fraction of sp³-hybridized carbons (Fsp3) is 0.650. The first-order valence-electron chi connectivity index (χ1n) is 9.07. The van der Waals surface area contributed by atoms with Gasteiger partial charge in [0.05, 0.1) is 6.54 Å². The summed E-state index contributed by atoms with van der Waals surface area (Å²) in [5, 5.41) is 6.86. The second-order valence-electron chi connectivity index (χ2n) is 7.78. The Bertz CT molecular complexity index is 554. The van der Waals surface area contributed by atoms with Gasteiger partial charge in [0, 0.05) is 30.7 Å². The molecule has 24 heavy (non-hydrogen) atoms. The van der Waals surface area contributed by atoms with Crippen LogP contribution in [0.4, 0.5) is 0 Å². The summed E-state index contributed by atoms with van der Waals surface area (Å²) in [6.07, 6.45) is 2.05. The molecule has 1 fully saturated rings. The van der Waals surface area contributed by atoms with Gasteiger partial charge in [-0.15, -0.1) is 0 Å². The molecule has 0 amide bonds. The maximum Gasteiger partial charge on any atom is 0.191 e. The fourth-order valence-corrected chi connectivity index (χ4v) is 3.34. The molecule has 1 aliphatic rings. The van der Waals surface area contributed by atoms with Gasteiger partial charge < -0.3 is 15.4 Å². The molecular weight excluding hydrogens is 298 g/mol. The Morgan fingerprint density at radius 2 is 1.88 bits per heavy atom. The number of hydrogen-bond donors (Lipinski definition) is 2. The highest BCUT2D eigenvalue weighted by molar-refractivity contribution is 5.80. The van der Waals surface area contributed by atoms with Crippen LogP contribution in [-0.2, 0) is 10.2 Å². The van der Waals surface area contributed by atoms with Crippen LogP contribution in [0, 0.1) is 6.92 Å². The van der Waals surface area contributed by atoms with Gasteiger partial charge in [0.15, 0.2) is 5.96 Å². The molecule has 134 valence electrons. The smallest absolute Gasteiger partial charge is 0.191 e. The summed E-state index contributed by atoms with van der Waals surface area (Å²) in [5.74, 6) is 0.893. The van der Waals surface area contributed by atoms with Crippen molar-refractivity contribution in [3.8, 4) is 0 Å². The highest BCUT2D eigenvalue weighted by atomic mass is 16.5. The number of ether oxygens (including phenoxy) is 1. The first kappa shape index (κ1) is 18.8. The number of guanidine groups is 1. The van der Waals surface area contributed by atoms with Crippen molar-refractivity contribution in [2.75, 3.05) is 26.3 Å². The zero-order chi connectivity index (χ0) is 17.6. The van der Waals surface area contributed by atoms with Crippen molar-refractivity contribution in [1.29, 1.82) is 0 Å². The number of nitrogens with one attached hydrogen (secondary N) is 2.